The summed E-state index contributed by atoms with van der Waals surface area (Å²) in [6.45, 7) is 5.64. The lowest BCUT2D eigenvalue weighted by atomic mass is 9.96. The lowest BCUT2D eigenvalue weighted by Crippen LogP contribution is -2.27. The number of ether oxygens (including phenoxy) is 2. The van der Waals surface area contributed by atoms with E-state index in [9.17, 15) is 0 Å². The van der Waals surface area contributed by atoms with E-state index in [-0.39, 0.29) is 15.4 Å². The van der Waals surface area contributed by atoms with Gasteiger partial charge in [0, 0.05) is 25.0 Å². The van der Waals surface area contributed by atoms with Gasteiger partial charge >= 0.3 is 0 Å². The van der Waals surface area contributed by atoms with Gasteiger partial charge in [0.05, 0.1) is 9.52 Å². The molecule has 0 atom stereocenters. The minimum absolute atomic E-state index is 0.141. The molecule has 1 rings (SSSR count). The van der Waals surface area contributed by atoms with Gasteiger partial charge in [-0.25, -0.2) is 4.31 Å². The first-order chi connectivity index (χ1) is 10.3. The normalized spacial score (nSPS) is 17.6. The molecule has 0 amide bonds. The largest absolute Gasteiger partial charge is 0.357 e. The highest BCUT2D eigenvalue weighted by atomic mass is 33.1. The predicted octanol–water partition coefficient (Wildman–Crippen LogP) is 3.88. The summed E-state index contributed by atoms with van der Waals surface area (Å²) in [4.78, 5) is 0. The molecule has 1 aliphatic carbocycles. The number of rotatable bonds is 12. The molecule has 21 heavy (non-hydrogen) atoms. The Morgan fingerprint density at radius 3 is 2.43 bits per heavy atom. The Labute approximate surface area is 141 Å². The standard InChI is InChI=1S/C15H33NO2S2Si/c1-4-17-15(18-5-2)21-13-9-12-19-20-16(3)14-10-7-6-8-11-14/h14-15H,4-13,21H2,1-3H3. The van der Waals surface area contributed by atoms with E-state index >= 15 is 0 Å². The predicted molar refractivity (Wildman–Crippen MR) is 99.7 cm³/mol. The van der Waals surface area contributed by atoms with E-state index in [4.69, 9.17) is 9.47 Å². The lowest BCUT2D eigenvalue weighted by Gasteiger charge is -2.29. The molecule has 0 saturated heterocycles. The first kappa shape index (κ1) is 19.8. The first-order valence-corrected chi connectivity index (χ1v) is 12.6. The Morgan fingerprint density at radius 2 is 1.81 bits per heavy atom. The molecular weight excluding hydrogens is 318 g/mol. The minimum atomic E-state index is -0.244. The van der Waals surface area contributed by atoms with Gasteiger partial charge < -0.3 is 9.47 Å². The number of hydrogen-bond donors (Lipinski definition) is 0. The third-order valence-corrected chi connectivity index (χ3v) is 8.35. The van der Waals surface area contributed by atoms with Gasteiger partial charge in [-0.2, -0.15) is 0 Å². The molecule has 0 bridgehead atoms. The maximum Gasteiger partial charge on any atom is 0.134 e. The van der Waals surface area contributed by atoms with Crippen LogP contribution < -0.4 is 0 Å². The van der Waals surface area contributed by atoms with Crippen LogP contribution in [0.25, 0.3) is 0 Å². The van der Waals surface area contributed by atoms with E-state index in [1.54, 1.807) is 0 Å². The topological polar surface area (TPSA) is 21.7 Å². The van der Waals surface area contributed by atoms with E-state index in [1.165, 1.54) is 50.3 Å². The molecule has 126 valence electrons. The van der Waals surface area contributed by atoms with Crippen molar-refractivity contribution in [1.82, 2.24) is 4.31 Å². The molecule has 1 aliphatic rings. The molecule has 0 spiro atoms. The smallest absolute Gasteiger partial charge is 0.134 e. The van der Waals surface area contributed by atoms with E-state index in [2.05, 4.69) is 11.4 Å². The lowest BCUT2D eigenvalue weighted by molar-refractivity contribution is -0.0827. The molecule has 0 aliphatic heterocycles. The third-order valence-electron chi connectivity index (χ3n) is 3.88. The Hall–Kier alpha value is 0.797. The van der Waals surface area contributed by atoms with Crippen LogP contribution in [-0.2, 0) is 9.47 Å². The fraction of sp³-hybridized carbons (Fsp3) is 1.00. The van der Waals surface area contributed by atoms with Gasteiger partial charge in [-0.05, 0) is 51.1 Å². The van der Waals surface area contributed by atoms with Crippen molar-refractivity contribution in [3.05, 3.63) is 0 Å². The van der Waals surface area contributed by atoms with Crippen LogP contribution in [0.2, 0.25) is 6.04 Å². The van der Waals surface area contributed by atoms with Crippen molar-refractivity contribution in [3.8, 4) is 0 Å². The first-order valence-electron chi connectivity index (χ1n) is 8.53. The molecule has 3 nitrogen and oxygen atoms in total. The molecule has 0 N–H and O–H groups in total. The van der Waals surface area contributed by atoms with Crippen LogP contribution in [0, 0.1) is 0 Å². The fourth-order valence-electron chi connectivity index (χ4n) is 2.68. The second-order valence-corrected chi connectivity index (χ2v) is 10.0. The van der Waals surface area contributed by atoms with E-state index in [0.717, 1.165) is 19.3 Å². The zero-order valence-corrected chi connectivity index (χ0v) is 17.1. The molecule has 6 heteroatoms. The summed E-state index contributed by atoms with van der Waals surface area (Å²) >= 11 is 0. The van der Waals surface area contributed by atoms with Crippen molar-refractivity contribution in [3.63, 3.8) is 0 Å². The molecule has 0 aromatic carbocycles. The van der Waals surface area contributed by atoms with Crippen LogP contribution >= 0.6 is 21.8 Å². The Kier molecular flexibility index (Phi) is 12.5. The van der Waals surface area contributed by atoms with Gasteiger partial charge in [0.2, 0.25) is 0 Å². The summed E-state index contributed by atoms with van der Waals surface area (Å²) in [5, 5.41) is 0. The van der Waals surface area contributed by atoms with Crippen LogP contribution in [-0.4, -0.2) is 51.8 Å². The monoisotopic (exact) mass is 351 g/mol. The van der Waals surface area contributed by atoms with Crippen molar-refractivity contribution in [1.29, 1.82) is 0 Å². The summed E-state index contributed by atoms with van der Waals surface area (Å²) in [6.07, 6.45) is 8.36. The zero-order chi connectivity index (χ0) is 15.3. The van der Waals surface area contributed by atoms with Crippen LogP contribution in [0.4, 0.5) is 0 Å². The molecular formula is C15H33NO2S2Si. The third kappa shape index (κ3) is 9.51. The van der Waals surface area contributed by atoms with Crippen molar-refractivity contribution in [2.75, 3.05) is 26.0 Å². The van der Waals surface area contributed by atoms with Gasteiger partial charge in [0.15, 0.2) is 0 Å². The summed E-state index contributed by atoms with van der Waals surface area (Å²) < 4.78 is 13.7. The van der Waals surface area contributed by atoms with Crippen LogP contribution in [0.5, 0.6) is 0 Å². The molecule has 0 aromatic heterocycles. The molecule has 0 heterocycles. The van der Waals surface area contributed by atoms with Gasteiger partial charge in [-0.15, -0.1) is 0 Å². The molecule has 0 radical (unpaired) electrons. The van der Waals surface area contributed by atoms with Crippen molar-refractivity contribution < 1.29 is 9.47 Å². The van der Waals surface area contributed by atoms with Crippen LogP contribution in [0.15, 0.2) is 0 Å². The minimum Gasteiger partial charge on any atom is -0.357 e. The zero-order valence-electron chi connectivity index (χ0n) is 14.0. The summed E-state index contributed by atoms with van der Waals surface area (Å²) in [6, 6.07) is 2.14. The summed E-state index contributed by atoms with van der Waals surface area (Å²) in [5.41, 5.74) is 0. The highest BCUT2D eigenvalue weighted by Gasteiger charge is 2.18. The van der Waals surface area contributed by atoms with Crippen molar-refractivity contribution in [2.45, 2.75) is 70.4 Å². The van der Waals surface area contributed by atoms with Gasteiger partial charge in [0.25, 0.3) is 0 Å². The van der Waals surface area contributed by atoms with Gasteiger partial charge in [-0.1, -0.05) is 36.1 Å². The van der Waals surface area contributed by atoms with Crippen LogP contribution in [0.1, 0.15) is 52.4 Å². The van der Waals surface area contributed by atoms with Crippen molar-refractivity contribution in [2.24, 2.45) is 0 Å². The summed E-state index contributed by atoms with van der Waals surface area (Å²) in [7, 11) is 6.00. The Bertz CT molecular complexity index is 238. The second kappa shape index (κ2) is 13.3. The molecule has 1 fully saturated rings. The Balaban J connectivity index is 1.97. The average Bonchev–Trinajstić information content (AvgIpc) is 2.51. The quantitative estimate of drug-likeness (QED) is 0.174. The van der Waals surface area contributed by atoms with E-state index < -0.39 is 0 Å². The van der Waals surface area contributed by atoms with E-state index in [1.807, 2.05) is 35.6 Å². The molecule has 0 aromatic rings. The average molecular weight is 352 g/mol. The van der Waals surface area contributed by atoms with Crippen molar-refractivity contribution >= 4 is 31.3 Å². The molecule has 1 saturated carbocycles. The van der Waals surface area contributed by atoms with E-state index in [0.29, 0.717) is 0 Å². The SMILES string of the molecule is CCOC(OCC)[SiH2]CCCSSN(C)C1CCCCC1. The van der Waals surface area contributed by atoms with Gasteiger partial charge in [-0.3, -0.25) is 0 Å². The maximum atomic E-state index is 5.63. The highest BCUT2D eigenvalue weighted by Crippen LogP contribution is 2.32. The number of hydrogen-bond acceptors (Lipinski definition) is 5. The maximum absolute atomic E-state index is 5.63. The van der Waals surface area contributed by atoms with Crippen LogP contribution in [0.3, 0.4) is 0 Å². The highest BCUT2D eigenvalue weighted by molar-refractivity contribution is 8.75. The molecule has 0 unspecified atom stereocenters. The second-order valence-electron chi connectivity index (χ2n) is 5.57. The Morgan fingerprint density at radius 1 is 1.14 bits per heavy atom. The fourth-order valence-corrected chi connectivity index (χ4v) is 7.06. The summed E-state index contributed by atoms with van der Waals surface area (Å²) in [5.74, 6) is 1.39. The van der Waals surface area contributed by atoms with Gasteiger partial charge in [0.1, 0.15) is 5.91 Å². The number of nitrogens with zero attached hydrogens (tertiary/aromatic N) is 1.